The van der Waals surface area contributed by atoms with E-state index < -0.39 is 12.0 Å². The molecular formula is C19H16Cl2N4O4. The van der Waals surface area contributed by atoms with E-state index in [9.17, 15) is 14.4 Å². The first-order valence-corrected chi connectivity index (χ1v) is 9.26. The van der Waals surface area contributed by atoms with E-state index in [1.54, 1.807) is 19.1 Å². The van der Waals surface area contributed by atoms with Crippen molar-refractivity contribution in [3.8, 4) is 0 Å². The number of rotatable bonds is 4. The summed E-state index contributed by atoms with van der Waals surface area (Å²) in [5.74, 6) is -0.594. The molecule has 0 atom stereocenters. The van der Waals surface area contributed by atoms with Crippen molar-refractivity contribution in [2.75, 3.05) is 19.0 Å². The monoisotopic (exact) mass is 434 g/mol. The molecule has 150 valence electrons. The zero-order valence-electron chi connectivity index (χ0n) is 15.5. The third-order valence-electron chi connectivity index (χ3n) is 4.10. The molecule has 3 aromatic rings. The maximum Gasteiger partial charge on any atom is 0.412 e. The standard InChI is InChI=1S/C19H16Cl2N4O4/c1-3-22-17(26)10-8-12(20)15(13(21)9-10)18(27)25-7-5-11-14(25)4-6-23-16(11)24-19(28)29-2/h4-9H,3H2,1-2H3,(H,22,26)(H,23,24,28). The predicted molar refractivity (Wildman–Crippen MR) is 110 cm³/mol. The van der Waals surface area contributed by atoms with Gasteiger partial charge in [-0.2, -0.15) is 0 Å². The SMILES string of the molecule is CCNC(=O)c1cc(Cl)c(C(=O)n2ccc3c(NC(=O)OC)nccc32)c(Cl)c1. The van der Waals surface area contributed by atoms with Crippen LogP contribution in [0.15, 0.2) is 36.7 Å². The Balaban J connectivity index is 2.03. The van der Waals surface area contributed by atoms with Gasteiger partial charge in [0.05, 0.1) is 28.2 Å². The number of anilines is 1. The van der Waals surface area contributed by atoms with E-state index in [-0.39, 0.29) is 32.9 Å². The second-order valence-electron chi connectivity index (χ2n) is 5.87. The van der Waals surface area contributed by atoms with Gasteiger partial charge in [0.2, 0.25) is 0 Å². The molecule has 0 radical (unpaired) electrons. The van der Waals surface area contributed by atoms with Crippen LogP contribution in [0.3, 0.4) is 0 Å². The van der Waals surface area contributed by atoms with Gasteiger partial charge in [0.15, 0.2) is 0 Å². The summed E-state index contributed by atoms with van der Waals surface area (Å²) in [6, 6.07) is 6.02. The largest absolute Gasteiger partial charge is 0.453 e. The molecule has 3 rings (SSSR count). The third-order valence-corrected chi connectivity index (χ3v) is 4.69. The first kappa shape index (κ1) is 20.6. The first-order valence-electron chi connectivity index (χ1n) is 8.50. The van der Waals surface area contributed by atoms with Crippen LogP contribution in [-0.4, -0.2) is 41.1 Å². The van der Waals surface area contributed by atoms with E-state index >= 15 is 0 Å². The highest BCUT2D eigenvalue weighted by Gasteiger charge is 2.22. The van der Waals surface area contributed by atoms with Gasteiger partial charge in [-0.3, -0.25) is 19.5 Å². The minimum Gasteiger partial charge on any atom is -0.453 e. The molecule has 2 heterocycles. The topological polar surface area (TPSA) is 102 Å². The average molecular weight is 435 g/mol. The lowest BCUT2D eigenvalue weighted by atomic mass is 10.1. The number of pyridine rings is 1. The minimum atomic E-state index is -0.684. The van der Waals surface area contributed by atoms with Crippen molar-refractivity contribution in [3.63, 3.8) is 0 Å². The lowest BCUT2D eigenvalue weighted by molar-refractivity contribution is 0.0947. The van der Waals surface area contributed by atoms with E-state index in [0.717, 1.165) is 0 Å². The fourth-order valence-corrected chi connectivity index (χ4v) is 3.43. The summed E-state index contributed by atoms with van der Waals surface area (Å²) in [6.45, 7) is 2.23. The number of hydrogen-bond acceptors (Lipinski definition) is 5. The van der Waals surface area contributed by atoms with Gasteiger partial charge in [-0.25, -0.2) is 9.78 Å². The molecule has 2 aromatic heterocycles. The molecule has 8 nitrogen and oxygen atoms in total. The molecule has 2 amide bonds. The Bertz CT molecular complexity index is 1100. The molecule has 0 unspecified atom stereocenters. The van der Waals surface area contributed by atoms with E-state index in [1.165, 1.54) is 36.2 Å². The van der Waals surface area contributed by atoms with Crippen molar-refractivity contribution in [2.45, 2.75) is 6.92 Å². The van der Waals surface area contributed by atoms with Gasteiger partial charge < -0.3 is 10.1 Å². The van der Waals surface area contributed by atoms with Crippen LogP contribution in [0.1, 0.15) is 27.6 Å². The van der Waals surface area contributed by atoms with E-state index in [0.29, 0.717) is 17.4 Å². The fraction of sp³-hybridized carbons (Fsp3) is 0.158. The van der Waals surface area contributed by atoms with Crippen molar-refractivity contribution < 1.29 is 19.1 Å². The van der Waals surface area contributed by atoms with Crippen LogP contribution < -0.4 is 10.6 Å². The number of hydrogen-bond donors (Lipinski definition) is 2. The Labute approximate surface area is 175 Å². The summed E-state index contributed by atoms with van der Waals surface area (Å²) in [5.41, 5.74) is 0.791. The minimum absolute atomic E-state index is 0.0487. The highest BCUT2D eigenvalue weighted by Crippen LogP contribution is 2.30. The van der Waals surface area contributed by atoms with Gasteiger partial charge in [-0.05, 0) is 31.2 Å². The first-order chi connectivity index (χ1) is 13.9. The Hall–Kier alpha value is -3.10. The molecule has 2 N–H and O–H groups in total. The third kappa shape index (κ3) is 4.03. The number of nitrogens with one attached hydrogen (secondary N) is 2. The van der Waals surface area contributed by atoms with Crippen LogP contribution in [0.25, 0.3) is 10.9 Å². The van der Waals surface area contributed by atoms with E-state index in [1.807, 2.05) is 0 Å². The zero-order valence-corrected chi connectivity index (χ0v) is 17.0. The molecular weight excluding hydrogens is 419 g/mol. The predicted octanol–water partition coefficient (Wildman–Crippen LogP) is 3.96. The van der Waals surface area contributed by atoms with Crippen LogP contribution in [0.4, 0.5) is 10.6 Å². The summed E-state index contributed by atoms with van der Waals surface area (Å²) in [6.07, 6.45) is 2.27. The van der Waals surface area contributed by atoms with Crippen molar-refractivity contribution in [3.05, 3.63) is 57.8 Å². The number of halogens is 2. The Morgan fingerprint density at radius 3 is 2.48 bits per heavy atom. The van der Waals surface area contributed by atoms with Crippen molar-refractivity contribution in [1.29, 1.82) is 0 Å². The van der Waals surface area contributed by atoms with Crippen LogP contribution in [0.5, 0.6) is 0 Å². The molecule has 1 aromatic carbocycles. The molecule has 0 saturated heterocycles. The number of carbonyl (C=O) groups excluding carboxylic acids is 3. The van der Waals surface area contributed by atoms with Crippen LogP contribution >= 0.6 is 23.2 Å². The highest BCUT2D eigenvalue weighted by molar-refractivity contribution is 6.40. The number of aromatic nitrogens is 2. The summed E-state index contributed by atoms with van der Waals surface area (Å²) >= 11 is 12.6. The highest BCUT2D eigenvalue weighted by atomic mass is 35.5. The molecule has 0 fully saturated rings. The molecule has 0 bridgehead atoms. The zero-order chi connectivity index (χ0) is 21.1. The number of ether oxygens (including phenoxy) is 1. The molecule has 0 spiro atoms. The van der Waals surface area contributed by atoms with Gasteiger partial charge in [0, 0.05) is 29.9 Å². The summed E-state index contributed by atoms with van der Waals surface area (Å²) < 4.78 is 5.91. The van der Waals surface area contributed by atoms with Crippen molar-refractivity contribution in [2.24, 2.45) is 0 Å². The summed E-state index contributed by atoms with van der Waals surface area (Å²) in [4.78, 5) is 40.7. The summed E-state index contributed by atoms with van der Waals surface area (Å²) in [7, 11) is 1.23. The van der Waals surface area contributed by atoms with Crippen molar-refractivity contribution in [1.82, 2.24) is 14.9 Å². The fourth-order valence-electron chi connectivity index (χ4n) is 2.78. The Morgan fingerprint density at radius 2 is 1.86 bits per heavy atom. The molecule has 0 saturated carbocycles. The lowest BCUT2D eigenvalue weighted by Crippen LogP contribution is -2.23. The molecule has 0 aliphatic rings. The van der Waals surface area contributed by atoms with E-state index in [4.69, 9.17) is 23.2 Å². The average Bonchev–Trinajstić information content (AvgIpc) is 3.12. The molecule has 0 aliphatic carbocycles. The van der Waals surface area contributed by atoms with Crippen molar-refractivity contribution >= 4 is 57.8 Å². The summed E-state index contributed by atoms with van der Waals surface area (Å²) in [5, 5.41) is 5.76. The maximum absolute atomic E-state index is 13.1. The van der Waals surface area contributed by atoms with Gasteiger partial charge >= 0.3 is 6.09 Å². The number of amides is 2. The van der Waals surface area contributed by atoms with Gasteiger partial charge in [-0.15, -0.1) is 0 Å². The van der Waals surface area contributed by atoms with Crippen LogP contribution in [0.2, 0.25) is 10.0 Å². The Morgan fingerprint density at radius 1 is 1.17 bits per heavy atom. The van der Waals surface area contributed by atoms with E-state index in [2.05, 4.69) is 20.4 Å². The normalized spacial score (nSPS) is 10.6. The second kappa shape index (κ2) is 8.50. The Kier molecular flexibility index (Phi) is 6.05. The number of nitrogens with zero attached hydrogens (tertiary/aromatic N) is 2. The van der Waals surface area contributed by atoms with Crippen LogP contribution in [-0.2, 0) is 4.74 Å². The molecule has 10 heteroatoms. The van der Waals surface area contributed by atoms with Gasteiger partial charge in [0.25, 0.3) is 11.8 Å². The number of carbonyl (C=O) groups is 3. The number of methoxy groups -OCH3 is 1. The van der Waals surface area contributed by atoms with Gasteiger partial charge in [0.1, 0.15) is 5.82 Å². The molecule has 0 aliphatic heterocycles. The smallest absolute Gasteiger partial charge is 0.412 e. The molecule has 29 heavy (non-hydrogen) atoms. The van der Waals surface area contributed by atoms with Crippen LogP contribution in [0, 0.1) is 0 Å². The van der Waals surface area contributed by atoms with Gasteiger partial charge in [-0.1, -0.05) is 23.2 Å². The second-order valence-corrected chi connectivity index (χ2v) is 6.69. The lowest BCUT2D eigenvalue weighted by Gasteiger charge is -2.11. The maximum atomic E-state index is 13.1. The number of benzene rings is 1. The number of fused-ring (bicyclic) bond motifs is 1. The quantitative estimate of drug-likeness (QED) is 0.646.